The van der Waals surface area contributed by atoms with Crippen molar-refractivity contribution in [2.75, 3.05) is 0 Å². The van der Waals surface area contributed by atoms with E-state index in [1.807, 2.05) is 12.1 Å². The lowest BCUT2D eigenvalue weighted by Gasteiger charge is -2.00. The van der Waals surface area contributed by atoms with Crippen molar-refractivity contribution < 1.29 is 0 Å². The SMILES string of the molecule is CC(C)Sc1[c]cccn1. The summed E-state index contributed by atoms with van der Waals surface area (Å²) < 4.78 is 0. The first-order valence-corrected chi connectivity index (χ1v) is 4.16. The third kappa shape index (κ3) is 2.40. The maximum atomic E-state index is 4.13. The van der Waals surface area contributed by atoms with Gasteiger partial charge in [-0.3, -0.25) is 0 Å². The van der Waals surface area contributed by atoms with Crippen LogP contribution in [0.25, 0.3) is 0 Å². The van der Waals surface area contributed by atoms with Gasteiger partial charge >= 0.3 is 0 Å². The molecule has 0 aromatic carbocycles. The Morgan fingerprint density at radius 2 is 2.40 bits per heavy atom. The summed E-state index contributed by atoms with van der Waals surface area (Å²) in [5.41, 5.74) is 0. The Bertz CT molecular complexity index is 184. The minimum absolute atomic E-state index is 0.589. The molecule has 2 heteroatoms. The van der Waals surface area contributed by atoms with Gasteiger partial charge in [-0.15, -0.1) is 11.8 Å². The molecule has 0 amide bonds. The molecule has 1 heterocycles. The first-order chi connectivity index (χ1) is 4.79. The highest BCUT2D eigenvalue weighted by molar-refractivity contribution is 7.99. The molecule has 53 valence electrons. The van der Waals surface area contributed by atoms with E-state index in [1.165, 1.54) is 0 Å². The number of hydrogen-bond acceptors (Lipinski definition) is 2. The molecule has 0 atom stereocenters. The maximum Gasteiger partial charge on any atom is 0.104 e. The van der Waals surface area contributed by atoms with Crippen LogP contribution in [0.5, 0.6) is 0 Å². The fourth-order valence-electron chi connectivity index (χ4n) is 0.598. The van der Waals surface area contributed by atoms with Crippen molar-refractivity contribution in [2.45, 2.75) is 24.1 Å². The Hall–Kier alpha value is -0.500. The predicted molar refractivity (Wildman–Crippen MR) is 44.1 cm³/mol. The Morgan fingerprint density at radius 1 is 1.60 bits per heavy atom. The zero-order valence-corrected chi connectivity index (χ0v) is 6.98. The molecule has 0 aliphatic heterocycles. The first kappa shape index (κ1) is 7.61. The van der Waals surface area contributed by atoms with Crippen molar-refractivity contribution >= 4 is 11.8 Å². The van der Waals surface area contributed by atoms with E-state index in [0.717, 1.165) is 5.03 Å². The number of thioether (sulfide) groups is 1. The Kier molecular flexibility index (Phi) is 2.75. The lowest BCUT2D eigenvalue weighted by molar-refractivity contribution is 1.07. The summed E-state index contributed by atoms with van der Waals surface area (Å²) in [4.78, 5) is 4.13. The highest BCUT2D eigenvalue weighted by atomic mass is 32.2. The smallest absolute Gasteiger partial charge is 0.104 e. The van der Waals surface area contributed by atoms with Gasteiger partial charge in [0.25, 0.3) is 0 Å². The van der Waals surface area contributed by atoms with Crippen molar-refractivity contribution in [1.29, 1.82) is 0 Å². The average molecular weight is 152 g/mol. The van der Waals surface area contributed by atoms with E-state index in [9.17, 15) is 0 Å². The highest BCUT2D eigenvalue weighted by Crippen LogP contribution is 2.18. The van der Waals surface area contributed by atoms with Gasteiger partial charge < -0.3 is 0 Å². The zero-order chi connectivity index (χ0) is 7.40. The molecule has 1 radical (unpaired) electrons. The second-order valence-corrected chi connectivity index (χ2v) is 3.82. The minimum atomic E-state index is 0.589. The molecule has 0 saturated carbocycles. The monoisotopic (exact) mass is 152 g/mol. The molecule has 0 fully saturated rings. The summed E-state index contributed by atoms with van der Waals surface area (Å²) in [6, 6.07) is 6.82. The van der Waals surface area contributed by atoms with Gasteiger partial charge in [-0.1, -0.05) is 19.9 Å². The van der Waals surface area contributed by atoms with Crippen molar-refractivity contribution in [2.24, 2.45) is 0 Å². The first-order valence-electron chi connectivity index (χ1n) is 3.28. The predicted octanol–water partition coefficient (Wildman–Crippen LogP) is 2.38. The van der Waals surface area contributed by atoms with E-state index in [4.69, 9.17) is 0 Å². The summed E-state index contributed by atoms with van der Waals surface area (Å²) in [5, 5.41) is 1.57. The fourth-order valence-corrected chi connectivity index (χ4v) is 1.30. The standard InChI is InChI=1S/C8H10NS/c1-7(2)10-8-5-3-4-6-9-8/h3-4,6-7H,1-2H3. The summed E-state index contributed by atoms with van der Waals surface area (Å²) >= 11 is 1.73. The van der Waals surface area contributed by atoms with E-state index in [2.05, 4.69) is 24.9 Å². The second-order valence-electron chi connectivity index (χ2n) is 2.25. The van der Waals surface area contributed by atoms with Gasteiger partial charge in [0.2, 0.25) is 0 Å². The van der Waals surface area contributed by atoms with Crippen LogP contribution in [-0.2, 0) is 0 Å². The van der Waals surface area contributed by atoms with Crippen molar-refractivity contribution in [3.8, 4) is 0 Å². The van der Waals surface area contributed by atoms with Crippen LogP contribution in [0.1, 0.15) is 13.8 Å². The molecule has 0 unspecified atom stereocenters. The summed E-state index contributed by atoms with van der Waals surface area (Å²) in [7, 11) is 0. The van der Waals surface area contributed by atoms with Crippen molar-refractivity contribution in [3.05, 3.63) is 24.4 Å². The number of nitrogens with zero attached hydrogens (tertiary/aromatic N) is 1. The number of pyridine rings is 1. The molecule has 0 aliphatic rings. The van der Waals surface area contributed by atoms with Gasteiger partial charge in [-0.05, 0) is 6.07 Å². The second kappa shape index (κ2) is 3.62. The molecule has 0 saturated heterocycles. The molecular weight excluding hydrogens is 142 g/mol. The quantitative estimate of drug-likeness (QED) is 0.603. The number of hydrogen-bond donors (Lipinski definition) is 0. The van der Waals surface area contributed by atoms with Crippen LogP contribution in [0.2, 0.25) is 0 Å². The van der Waals surface area contributed by atoms with E-state index in [0.29, 0.717) is 5.25 Å². The molecule has 0 spiro atoms. The molecular formula is C8H10NS. The van der Waals surface area contributed by atoms with Crippen molar-refractivity contribution in [3.63, 3.8) is 0 Å². The molecule has 1 aromatic rings. The third-order valence-electron chi connectivity index (χ3n) is 0.928. The normalized spacial score (nSPS) is 10.3. The van der Waals surface area contributed by atoms with Crippen LogP contribution in [0.4, 0.5) is 0 Å². The highest BCUT2D eigenvalue weighted by Gasteiger charge is 1.96. The van der Waals surface area contributed by atoms with Crippen molar-refractivity contribution in [1.82, 2.24) is 4.98 Å². The van der Waals surface area contributed by atoms with E-state index in [-0.39, 0.29) is 0 Å². The molecule has 0 N–H and O–H groups in total. The van der Waals surface area contributed by atoms with Gasteiger partial charge in [0.05, 0.1) is 0 Å². The molecule has 0 bridgehead atoms. The van der Waals surface area contributed by atoms with Crippen LogP contribution < -0.4 is 0 Å². The lowest BCUT2D eigenvalue weighted by Crippen LogP contribution is -1.87. The van der Waals surface area contributed by atoms with Crippen LogP contribution in [0.3, 0.4) is 0 Å². The summed E-state index contributed by atoms with van der Waals surface area (Å²) in [6.07, 6.45) is 1.79. The molecule has 0 aliphatic carbocycles. The van der Waals surface area contributed by atoms with Crippen LogP contribution in [0, 0.1) is 6.07 Å². The Morgan fingerprint density at radius 3 is 2.90 bits per heavy atom. The molecule has 1 rings (SSSR count). The van der Waals surface area contributed by atoms with Crippen LogP contribution in [0.15, 0.2) is 23.4 Å². The fraction of sp³-hybridized carbons (Fsp3) is 0.375. The van der Waals surface area contributed by atoms with Gasteiger partial charge in [0.1, 0.15) is 5.03 Å². The summed E-state index contributed by atoms with van der Waals surface area (Å²) in [6.45, 7) is 4.29. The molecule has 1 nitrogen and oxygen atoms in total. The third-order valence-corrected chi connectivity index (χ3v) is 1.85. The molecule has 10 heavy (non-hydrogen) atoms. The Labute approximate surface area is 65.9 Å². The number of rotatable bonds is 2. The minimum Gasteiger partial charge on any atom is -0.249 e. The van der Waals surface area contributed by atoms with Gasteiger partial charge in [0, 0.05) is 17.5 Å². The summed E-state index contributed by atoms with van der Waals surface area (Å²) in [5.74, 6) is 0. The van der Waals surface area contributed by atoms with Gasteiger partial charge in [0.15, 0.2) is 0 Å². The van der Waals surface area contributed by atoms with Gasteiger partial charge in [-0.2, -0.15) is 0 Å². The lowest BCUT2D eigenvalue weighted by atomic mass is 10.5. The van der Waals surface area contributed by atoms with E-state index in [1.54, 1.807) is 18.0 Å². The average Bonchev–Trinajstić information content (AvgIpc) is 1.88. The number of aromatic nitrogens is 1. The largest absolute Gasteiger partial charge is 0.249 e. The van der Waals surface area contributed by atoms with E-state index >= 15 is 0 Å². The van der Waals surface area contributed by atoms with E-state index < -0.39 is 0 Å². The van der Waals surface area contributed by atoms with Crippen LogP contribution in [-0.4, -0.2) is 10.2 Å². The zero-order valence-electron chi connectivity index (χ0n) is 6.16. The molecule has 1 aromatic heterocycles. The van der Waals surface area contributed by atoms with Crippen LogP contribution >= 0.6 is 11.8 Å². The van der Waals surface area contributed by atoms with Gasteiger partial charge in [-0.25, -0.2) is 4.98 Å². The topological polar surface area (TPSA) is 12.9 Å². The Balaban J connectivity index is 2.59. The maximum absolute atomic E-state index is 4.13.